The number of halogens is 1. The van der Waals surface area contributed by atoms with E-state index in [9.17, 15) is 14.0 Å². The number of rotatable bonds is 1. The second kappa shape index (κ2) is 2.86. The number of hydrogen-bond donors (Lipinski definition) is 2. The number of carbonyl (C=O) groups is 2. The highest BCUT2D eigenvalue weighted by Gasteiger charge is 2.50. The van der Waals surface area contributed by atoms with Crippen LogP contribution in [0.3, 0.4) is 0 Å². The number of likely N-dealkylation sites (tertiary alicyclic amines) is 1. The van der Waals surface area contributed by atoms with Gasteiger partial charge in [0, 0.05) is 6.42 Å². The number of carboxylic acids is 1. The molecule has 13 heavy (non-hydrogen) atoms. The van der Waals surface area contributed by atoms with E-state index in [1.165, 1.54) is 6.92 Å². The summed E-state index contributed by atoms with van der Waals surface area (Å²) in [7, 11) is 0. The van der Waals surface area contributed by atoms with Gasteiger partial charge in [-0.05, 0) is 6.92 Å². The molecule has 6 heteroatoms. The summed E-state index contributed by atoms with van der Waals surface area (Å²) in [6, 6.07) is 0. The molecule has 0 aliphatic carbocycles. The fourth-order valence-corrected chi connectivity index (χ4v) is 1.50. The molecule has 0 radical (unpaired) electrons. The Bertz CT molecular complexity index is 257. The zero-order valence-electron chi connectivity index (χ0n) is 7.03. The van der Waals surface area contributed by atoms with Crippen LogP contribution in [-0.4, -0.2) is 45.4 Å². The minimum Gasteiger partial charge on any atom is -0.480 e. The molecule has 1 unspecified atom stereocenters. The molecule has 1 aliphatic heterocycles. The molecular weight excluding hydrogens is 181 g/mol. The van der Waals surface area contributed by atoms with Crippen LogP contribution in [0, 0.1) is 0 Å². The Hall–Kier alpha value is -1.33. The van der Waals surface area contributed by atoms with Crippen LogP contribution in [0.1, 0.15) is 13.3 Å². The lowest BCUT2D eigenvalue weighted by Gasteiger charge is -2.27. The van der Waals surface area contributed by atoms with Gasteiger partial charge < -0.3 is 10.2 Å². The first kappa shape index (κ1) is 9.76. The first-order valence-electron chi connectivity index (χ1n) is 3.76. The average Bonchev–Trinajstić information content (AvgIpc) is 2.27. The van der Waals surface area contributed by atoms with Crippen molar-refractivity contribution in [1.29, 1.82) is 0 Å². The Morgan fingerprint density at radius 2 is 2.08 bits per heavy atom. The Kier molecular flexibility index (Phi) is 2.15. The fourth-order valence-electron chi connectivity index (χ4n) is 1.50. The van der Waals surface area contributed by atoms with Gasteiger partial charge in [-0.25, -0.2) is 14.0 Å². The van der Waals surface area contributed by atoms with Crippen molar-refractivity contribution in [3.05, 3.63) is 0 Å². The van der Waals surface area contributed by atoms with Gasteiger partial charge in [-0.15, -0.1) is 0 Å². The fraction of sp³-hybridized carbons (Fsp3) is 0.714. The molecule has 5 nitrogen and oxygen atoms in total. The van der Waals surface area contributed by atoms with Gasteiger partial charge in [0.1, 0.15) is 11.7 Å². The van der Waals surface area contributed by atoms with E-state index in [4.69, 9.17) is 10.2 Å². The Labute approximate surface area is 73.8 Å². The molecule has 0 aromatic heterocycles. The lowest BCUT2D eigenvalue weighted by Crippen LogP contribution is -2.50. The van der Waals surface area contributed by atoms with E-state index >= 15 is 0 Å². The van der Waals surface area contributed by atoms with E-state index in [0.29, 0.717) is 4.90 Å². The van der Waals surface area contributed by atoms with Crippen molar-refractivity contribution in [2.45, 2.75) is 25.1 Å². The maximum atomic E-state index is 12.8. The van der Waals surface area contributed by atoms with Crippen molar-refractivity contribution in [2.24, 2.45) is 0 Å². The quantitative estimate of drug-likeness (QED) is 0.634. The van der Waals surface area contributed by atoms with Gasteiger partial charge in [0.05, 0.1) is 6.54 Å². The third-order valence-electron chi connectivity index (χ3n) is 2.29. The van der Waals surface area contributed by atoms with Crippen LogP contribution in [0.2, 0.25) is 0 Å². The number of amides is 1. The molecule has 2 atom stereocenters. The van der Waals surface area contributed by atoms with Gasteiger partial charge in [0.2, 0.25) is 0 Å². The molecule has 1 amide bonds. The largest absolute Gasteiger partial charge is 0.480 e. The number of aliphatic carboxylic acids is 1. The zero-order chi connectivity index (χ0) is 10.2. The summed E-state index contributed by atoms with van der Waals surface area (Å²) in [5.74, 6) is -1.31. The van der Waals surface area contributed by atoms with Crippen LogP contribution in [-0.2, 0) is 4.79 Å². The van der Waals surface area contributed by atoms with E-state index in [1.54, 1.807) is 0 Å². The SMILES string of the molecule is C[C@@]1(C(=O)O)CC(F)CN1C(=O)O. The van der Waals surface area contributed by atoms with Crippen LogP contribution < -0.4 is 0 Å². The molecule has 1 rings (SSSR count). The molecule has 2 N–H and O–H groups in total. The molecular formula is C7H10FNO4. The van der Waals surface area contributed by atoms with Gasteiger partial charge in [0.15, 0.2) is 0 Å². The first-order chi connectivity index (χ1) is 5.88. The van der Waals surface area contributed by atoms with Crippen molar-refractivity contribution < 1.29 is 24.2 Å². The highest BCUT2D eigenvalue weighted by atomic mass is 19.1. The second-order valence-corrected chi connectivity index (χ2v) is 3.27. The Balaban J connectivity index is 2.95. The lowest BCUT2D eigenvalue weighted by molar-refractivity contribution is -0.147. The van der Waals surface area contributed by atoms with Crippen molar-refractivity contribution in [3.63, 3.8) is 0 Å². The summed E-state index contributed by atoms with van der Waals surface area (Å²) in [5.41, 5.74) is -1.62. The summed E-state index contributed by atoms with van der Waals surface area (Å²) >= 11 is 0. The van der Waals surface area contributed by atoms with E-state index in [0.717, 1.165) is 0 Å². The summed E-state index contributed by atoms with van der Waals surface area (Å²) in [5, 5.41) is 17.3. The van der Waals surface area contributed by atoms with Crippen molar-refractivity contribution in [3.8, 4) is 0 Å². The standard InChI is InChI=1S/C7H10FNO4/c1-7(5(10)11)2-4(8)3-9(7)6(12)13/h4H,2-3H2,1H3,(H,10,11)(H,12,13)/t4?,7-/m0/s1. The van der Waals surface area contributed by atoms with Gasteiger partial charge in [-0.3, -0.25) is 4.90 Å². The molecule has 0 bridgehead atoms. The molecule has 1 aliphatic rings. The van der Waals surface area contributed by atoms with Crippen LogP contribution in [0.4, 0.5) is 9.18 Å². The van der Waals surface area contributed by atoms with Crippen molar-refractivity contribution in [1.82, 2.24) is 4.90 Å². The normalized spacial score (nSPS) is 33.4. The van der Waals surface area contributed by atoms with E-state index in [2.05, 4.69) is 0 Å². The monoisotopic (exact) mass is 191 g/mol. The predicted molar refractivity (Wildman–Crippen MR) is 40.3 cm³/mol. The molecule has 74 valence electrons. The van der Waals surface area contributed by atoms with Gasteiger partial charge in [-0.2, -0.15) is 0 Å². The maximum Gasteiger partial charge on any atom is 0.408 e. The average molecular weight is 191 g/mol. The summed E-state index contributed by atoms with van der Waals surface area (Å²) in [6.07, 6.45) is -3.07. The summed E-state index contributed by atoms with van der Waals surface area (Å²) in [4.78, 5) is 21.9. The molecule has 0 spiro atoms. The van der Waals surface area contributed by atoms with Crippen LogP contribution in [0.15, 0.2) is 0 Å². The Morgan fingerprint density at radius 1 is 1.54 bits per heavy atom. The van der Waals surface area contributed by atoms with Crippen LogP contribution in [0.5, 0.6) is 0 Å². The highest BCUT2D eigenvalue weighted by Crippen LogP contribution is 2.31. The molecule has 0 aromatic rings. The lowest BCUT2D eigenvalue weighted by atomic mass is 9.99. The number of hydrogen-bond acceptors (Lipinski definition) is 2. The van der Waals surface area contributed by atoms with Crippen LogP contribution >= 0.6 is 0 Å². The number of nitrogens with zero attached hydrogens (tertiary/aromatic N) is 1. The van der Waals surface area contributed by atoms with E-state index in [1.807, 2.05) is 0 Å². The smallest absolute Gasteiger partial charge is 0.408 e. The topological polar surface area (TPSA) is 77.8 Å². The molecule has 0 saturated carbocycles. The van der Waals surface area contributed by atoms with Gasteiger partial charge >= 0.3 is 12.1 Å². The summed E-state index contributed by atoms with van der Waals surface area (Å²) < 4.78 is 12.8. The summed E-state index contributed by atoms with van der Waals surface area (Å²) in [6.45, 7) is 0.848. The maximum absolute atomic E-state index is 12.8. The zero-order valence-corrected chi connectivity index (χ0v) is 7.03. The molecule has 1 heterocycles. The molecule has 1 saturated heterocycles. The van der Waals surface area contributed by atoms with Gasteiger partial charge in [0.25, 0.3) is 0 Å². The minimum absolute atomic E-state index is 0.283. The predicted octanol–water partition coefficient (Wildman–Crippen LogP) is 0.551. The third kappa shape index (κ3) is 1.43. The first-order valence-corrected chi connectivity index (χ1v) is 3.76. The van der Waals surface area contributed by atoms with Crippen molar-refractivity contribution in [2.75, 3.05) is 6.54 Å². The molecule has 0 aromatic carbocycles. The van der Waals surface area contributed by atoms with E-state index in [-0.39, 0.29) is 13.0 Å². The number of alkyl halides is 1. The Morgan fingerprint density at radius 3 is 2.38 bits per heavy atom. The van der Waals surface area contributed by atoms with Crippen LogP contribution in [0.25, 0.3) is 0 Å². The molecule has 1 fully saturated rings. The minimum atomic E-state index is -1.62. The number of carboxylic acid groups (broad SMARTS) is 2. The third-order valence-corrected chi connectivity index (χ3v) is 2.29. The van der Waals surface area contributed by atoms with Gasteiger partial charge in [-0.1, -0.05) is 0 Å². The second-order valence-electron chi connectivity index (χ2n) is 3.27. The van der Waals surface area contributed by atoms with Crippen molar-refractivity contribution >= 4 is 12.1 Å². The highest BCUT2D eigenvalue weighted by molar-refractivity contribution is 5.84. The van der Waals surface area contributed by atoms with E-state index < -0.39 is 23.8 Å².